The van der Waals surface area contributed by atoms with Gasteiger partial charge in [-0.1, -0.05) is 19.4 Å². The van der Waals surface area contributed by atoms with E-state index in [2.05, 4.69) is 19.1 Å². The molecule has 0 amide bonds. The van der Waals surface area contributed by atoms with Crippen LogP contribution >= 0.6 is 0 Å². The van der Waals surface area contributed by atoms with Gasteiger partial charge in [0.25, 0.3) is 0 Å². The molecule has 3 nitrogen and oxygen atoms in total. The number of carbonyl (C=O) groups excluding carboxylic acids is 1. The quantitative estimate of drug-likeness (QED) is 0.587. The summed E-state index contributed by atoms with van der Waals surface area (Å²) >= 11 is 0. The van der Waals surface area contributed by atoms with Crippen LogP contribution in [0.2, 0.25) is 0 Å². The van der Waals surface area contributed by atoms with Crippen molar-refractivity contribution in [1.29, 1.82) is 0 Å². The van der Waals surface area contributed by atoms with Gasteiger partial charge in [0.2, 0.25) is 0 Å². The van der Waals surface area contributed by atoms with Crippen molar-refractivity contribution in [3.8, 4) is 5.75 Å². The number of fused-ring (bicyclic) bond motifs is 1. The number of carbonyl (C=O) groups is 1. The van der Waals surface area contributed by atoms with E-state index >= 15 is 0 Å². The van der Waals surface area contributed by atoms with Crippen molar-refractivity contribution < 1.29 is 14.3 Å². The van der Waals surface area contributed by atoms with Gasteiger partial charge in [-0.15, -0.1) is 0 Å². The third kappa shape index (κ3) is 3.99. The van der Waals surface area contributed by atoms with Gasteiger partial charge in [-0.3, -0.25) is 0 Å². The third-order valence-corrected chi connectivity index (χ3v) is 3.71. The van der Waals surface area contributed by atoms with Crippen molar-refractivity contribution in [3.63, 3.8) is 0 Å². The van der Waals surface area contributed by atoms with Crippen molar-refractivity contribution in [2.24, 2.45) is 0 Å². The fraction of sp³-hybridized carbons (Fsp3) is 0.588. The van der Waals surface area contributed by atoms with Crippen LogP contribution in [0.3, 0.4) is 0 Å². The van der Waals surface area contributed by atoms with Crippen LogP contribution < -0.4 is 4.74 Å². The molecular weight excluding hydrogens is 252 g/mol. The van der Waals surface area contributed by atoms with E-state index in [1.54, 1.807) is 6.92 Å². The smallest absolute Gasteiger partial charge is 0.347 e. The summed E-state index contributed by atoms with van der Waals surface area (Å²) in [4.78, 5) is 11.8. The first kappa shape index (κ1) is 14.9. The van der Waals surface area contributed by atoms with Crippen LogP contribution in [0.15, 0.2) is 18.2 Å². The fourth-order valence-electron chi connectivity index (χ4n) is 2.47. The average molecular weight is 276 g/mol. The van der Waals surface area contributed by atoms with Crippen molar-refractivity contribution in [1.82, 2.24) is 0 Å². The van der Waals surface area contributed by atoms with Crippen molar-refractivity contribution in [2.75, 3.05) is 6.61 Å². The van der Waals surface area contributed by atoms with Gasteiger partial charge < -0.3 is 9.47 Å². The van der Waals surface area contributed by atoms with Crippen LogP contribution in [0.4, 0.5) is 0 Å². The molecule has 0 saturated carbocycles. The predicted molar refractivity (Wildman–Crippen MR) is 79.0 cm³/mol. The Hall–Kier alpha value is -1.51. The van der Waals surface area contributed by atoms with Crippen molar-refractivity contribution >= 4 is 5.97 Å². The second kappa shape index (κ2) is 7.32. The average Bonchev–Trinajstić information content (AvgIpc) is 2.47. The van der Waals surface area contributed by atoms with Crippen LogP contribution in [0, 0.1) is 0 Å². The first-order valence-corrected chi connectivity index (χ1v) is 7.66. The lowest BCUT2D eigenvalue weighted by atomic mass is 9.92. The molecule has 1 aromatic carbocycles. The molecule has 1 aliphatic rings. The van der Waals surface area contributed by atoms with Crippen LogP contribution in [0.5, 0.6) is 5.75 Å². The van der Waals surface area contributed by atoms with Crippen LogP contribution in [0.1, 0.15) is 50.7 Å². The zero-order chi connectivity index (χ0) is 14.4. The molecule has 1 unspecified atom stereocenters. The maximum atomic E-state index is 11.8. The van der Waals surface area contributed by atoms with Crippen molar-refractivity contribution in [2.45, 2.75) is 58.5 Å². The van der Waals surface area contributed by atoms with Gasteiger partial charge in [-0.2, -0.15) is 0 Å². The summed E-state index contributed by atoms with van der Waals surface area (Å²) in [6, 6.07) is 6.16. The van der Waals surface area contributed by atoms with E-state index in [-0.39, 0.29) is 5.97 Å². The largest absolute Gasteiger partial charge is 0.479 e. The SMILES string of the molecule is CCCCOC(=O)C(C)Oc1ccc2c(c1)CCCC2. The normalized spacial score (nSPS) is 15.3. The molecule has 0 heterocycles. The van der Waals surface area contributed by atoms with Crippen LogP contribution in [0.25, 0.3) is 0 Å². The summed E-state index contributed by atoms with van der Waals surface area (Å²) in [5.74, 6) is 0.488. The van der Waals surface area contributed by atoms with Gasteiger partial charge in [-0.25, -0.2) is 4.79 Å². The Balaban J connectivity index is 1.90. The highest BCUT2D eigenvalue weighted by Gasteiger charge is 2.17. The molecule has 2 rings (SSSR count). The molecular formula is C17H24O3. The molecule has 0 aliphatic heterocycles. The number of ether oxygens (including phenoxy) is 2. The Bertz CT molecular complexity index is 454. The molecule has 0 bridgehead atoms. The summed E-state index contributed by atoms with van der Waals surface area (Å²) in [6.07, 6.45) is 6.16. The fourth-order valence-corrected chi connectivity index (χ4v) is 2.47. The van der Waals surface area contributed by atoms with E-state index in [4.69, 9.17) is 9.47 Å². The second-order valence-corrected chi connectivity index (χ2v) is 5.42. The molecule has 0 spiro atoms. The summed E-state index contributed by atoms with van der Waals surface area (Å²) in [5.41, 5.74) is 2.78. The zero-order valence-corrected chi connectivity index (χ0v) is 12.5. The van der Waals surface area contributed by atoms with Gasteiger partial charge in [-0.05, 0) is 62.3 Å². The first-order chi connectivity index (χ1) is 9.70. The zero-order valence-electron chi connectivity index (χ0n) is 12.5. The molecule has 20 heavy (non-hydrogen) atoms. The molecule has 0 radical (unpaired) electrons. The van der Waals surface area contributed by atoms with E-state index in [1.807, 2.05) is 6.07 Å². The maximum absolute atomic E-state index is 11.8. The number of benzene rings is 1. The highest BCUT2D eigenvalue weighted by molar-refractivity contribution is 5.74. The van der Waals surface area contributed by atoms with Gasteiger partial charge in [0, 0.05) is 0 Å². The number of hydrogen-bond acceptors (Lipinski definition) is 3. The number of rotatable bonds is 6. The molecule has 1 aliphatic carbocycles. The Morgan fingerprint density at radius 2 is 2.00 bits per heavy atom. The Labute approximate surface area is 121 Å². The number of esters is 1. The minimum absolute atomic E-state index is 0.281. The molecule has 0 saturated heterocycles. The van der Waals surface area contributed by atoms with E-state index in [0.717, 1.165) is 31.4 Å². The number of hydrogen-bond donors (Lipinski definition) is 0. The summed E-state index contributed by atoms with van der Waals surface area (Å²) in [6.45, 7) is 4.29. The van der Waals surface area contributed by atoms with Crippen molar-refractivity contribution in [3.05, 3.63) is 29.3 Å². The van der Waals surface area contributed by atoms with Gasteiger partial charge in [0.1, 0.15) is 5.75 Å². The summed E-state index contributed by atoms with van der Waals surface area (Å²) in [5, 5.41) is 0. The second-order valence-electron chi connectivity index (χ2n) is 5.42. The van der Waals surface area contributed by atoms with E-state index in [0.29, 0.717) is 6.61 Å². The lowest BCUT2D eigenvalue weighted by Gasteiger charge is -2.18. The Morgan fingerprint density at radius 1 is 1.25 bits per heavy atom. The topological polar surface area (TPSA) is 35.5 Å². The van der Waals surface area contributed by atoms with Crippen LogP contribution in [-0.4, -0.2) is 18.7 Å². The molecule has 1 aromatic rings. The Kier molecular flexibility index (Phi) is 5.45. The highest BCUT2D eigenvalue weighted by atomic mass is 16.6. The molecule has 110 valence electrons. The molecule has 1 atom stereocenters. The first-order valence-electron chi connectivity index (χ1n) is 7.66. The van der Waals surface area contributed by atoms with E-state index in [1.165, 1.54) is 24.0 Å². The molecule has 0 N–H and O–H groups in total. The van der Waals surface area contributed by atoms with Gasteiger partial charge >= 0.3 is 5.97 Å². The maximum Gasteiger partial charge on any atom is 0.347 e. The lowest BCUT2D eigenvalue weighted by molar-refractivity contribution is -0.151. The van der Waals surface area contributed by atoms with Gasteiger partial charge in [0.15, 0.2) is 6.10 Å². The number of aryl methyl sites for hydroxylation is 2. The monoisotopic (exact) mass is 276 g/mol. The van der Waals surface area contributed by atoms with Crippen LogP contribution in [-0.2, 0) is 22.4 Å². The van der Waals surface area contributed by atoms with E-state index < -0.39 is 6.10 Å². The lowest BCUT2D eigenvalue weighted by Crippen LogP contribution is -2.26. The third-order valence-electron chi connectivity index (χ3n) is 3.71. The summed E-state index contributed by atoms with van der Waals surface area (Å²) < 4.78 is 10.9. The Morgan fingerprint density at radius 3 is 2.75 bits per heavy atom. The predicted octanol–water partition coefficient (Wildman–Crippen LogP) is 3.68. The molecule has 3 heteroatoms. The van der Waals surface area contributed by atoms with Gasteiger partial charge in [0.05, 0.1) is 6.61 Å². The highest BCUT2D eigenvalue weighted by Crippen LogP contribution is 2.25. The van der Waals surface area contributed by atoms with E-state index in [9.17, 15) is 4.79 Å². The minimum atomic E-state index is -0.548. The molecule has 0 aromatic heterocycles. The molecule has 0 fully saturated rings. The number of unbranched alkanes of at least 4 members (excludes halogenated alkanes) is 1. The summed E-state index contributed by atoms with van der Waals surface area (Å²) in [7, 11) is 0. The standard InChI is InChI=1S/C17H24O3/c1-3-4-11-19-17(18)13(2)20-16-10-9-14-7-5-6-8-15(14)12-16/h9-10,12-13H,3-8,11H2,1-2H3. The minimum Gasteiger partial charge on any atom is -0.479 e.